The lowest BCUT2D eigenvalue weighted by Crippen LogP contribution is -2.70. The van der Waals surface area contributed by atoms with Gasteiger partial charge in [-0.3, -0.25) is 28.8 Å². The minimum atomic E-state index is -1.58. The predicted molar refractivity (Wildman–Crippen MR) is 135 cm³/mol. The molecule has 0 saturated carbocycles. The number of hydrogen-bond acceptors (Lipinski definition) is 15. The van der Waals surface area contributed by atoms with Crippen molar-refractivity contribution in [1.82, 2.24) is 10.6 Å². The molecule has 17 heteroatoms. The molecule has 2 rings (SSSR count). The van der Waals surface area contributed by atoms with Crippen molar-refractivity contribution in [3.05, 3.63) is 0 Å². The van der Waals surface area contributed by atoms with Crippen LogP contribution in [0.15, 0.2) is 0 Å². The van der Waals surface area contributed by atoms with Crippen molar-refractivity contribution in [1.29, 1.82) is 0 Å². The molecule has 0 bridgehead atoms. The molecule has 2 aliphatic rings. The van der Waals surface area contributed by atoms with Crippen molar-refractivity contribution in [2.24, 2.45) is 0 Å². The summed E-state index contributed by atoms with van der Waals surface area (Å²) in [5.74, 6) is -4.14. The Balaban J connectivity index is 2.57. The molecule has 2 aliphatic heterocycles. The van der Waals surface area contributed by atoms with Gasteiger partial charge in [0.05, 0.1) is 0 Å². The van der Waals surface area contributed by atoms with Gasteiger partial charge in [0, 0.05) is 48.7 Å². The van der Waals surface area contributed by atoms with Gasteiger partial charge in [-0.2, -0.15) is 0 Å². The molecular weight excluding hydrogens is 568 g/mol. The number of aliphatic hydroxyl groups excluding tert-OH is 1. The van der Waals surface area contributed by atoms with Gasteiger partial charge in [0.25, 0.3) is 0 Å². The van der Waals surface area contributed by atoms with Gasteiger partial charge in [0.2, 0.25) is 11.8 Å². The molecule has 2 amide bonds. The predicted octanol–water partition coefficient (Wildman–Crippen LogP) is -2.17. The van der Waals surface area contributed by atoms with Crippen molar-refractivity contribution >= 4 is 35.7 Å². The summed E-state index contributed by atoms with van der Waals surface area (Å²) in [6.45, 7) is 5.90. The fourth-order valence-electron chi connectivity index (χ4n) is 4.57. The number of carbonyl (C=O) groups is 6. The molecule has 238 valence electrons. The summed E-state index contributed by atoms with van der Waals surface area (Å²) in [7, 11) is 1.27. The zero-order valence-electron chi connectivity index (χ0n) is 24.4. The van der Waals surface area contributed by atoms with Crippen molar-refractivity contribution in [2.45, 2.75) is 103 Å². The number of methoxy groups -OCH3 is 1. The van der Waals surface area contributed by atoms with Gasteiger partial charge in [-0.05, 0) is 0 Å². The van der Waals surface area contributed by atoms with E-state index in [0.717, 1.165) is 34.6 Å². The number of carbonyl (C=O) groups excluding carboxylic acids is 6. The second-order valence-corrected chi connectivity index (χ2v) is 9.62. The Kier molecular flexibility index (Phi) is 13.0. The summed E-state index contributed by atoms with van der Waals surface area (Å²) in [5, 5.41) is 16.4. The van der Waals surface area contributed by atoms with Gasteiger partial charge < -0.3 is 53.6 Å². The van der Waals surface area contributed by atoms with Crippen molar-refractivity contribution in [2.75, 3.05) is 20.3 Å². The molecule has 0 aromatic heterocycles. The standard InChI is InChI=1S/C25H38N2O15/c1-10(28)26-18-20(34)21(16(8-36-12(3)30)40-24(18)35-7)42-25-19(27-11(2)29)23(39-15(6)33)22(38-14(5)32)17(41-25)9-37-13(4)31/h16-25,34H,8-9H2,1-7H3,(H,26,28)(H,27,29)/t16-,17-,18+,19-,20-,21-,22-,23-,24+,25+/m1/s1. The lowest BCUT2D eigenvalue weighted by molar-refractivity contribution is -0.331. The normalized spacial score (nSPS) is 32.6. The van der Waals surface area contributed by atoms with Crippen molar-refractivity contribution < 1.29 is 71.8 Å². The van der Waals surface area contributed by atoms with Crippen LogP contribution < -0.4 is 10.6 Å². The van der Waals surface area contributed by atoms with Gasteiger partial charge in [-0.1, -0.05) is 0 Å². The fraction of sp³-hybridized carbons (Fsp3) is 0.760. The molecule has 0 unspecified atom stereocenters. The third-order valence-electron chi connectivity index (χ3n) is 6.09. The number of esters is 4. The first-order chi connectivity index (χ1) is 19.6. The molecule has 17 nitrogen and oxygen atoms in total. The highest BCUT2D eigenvalue weighted by molar-refractivity contribution is 5.74. The largest absolute Gasteiger partial charge is 0.463 e. The molecule has 0 aliphatic carbocycles. The first kappa shape index (κ1) is 34.8. The van der Waals surface area contributed by atoms with E-state index in [4.69, 9.17) is 37.9 Å². The average molecular weight is 607 g/mol. The van der Waals surface area contributed by atoms with Gasteiger partial charge in [-0.15, -0.1) is 0 Å². The Bertz CT molecular complexity index is 1000. The SMILES string of the molecule is CO[C@H]1O[C@H](COC(C)=O)[C@@H](O[C@@H]2O[C@H](COC(C)=O)[C@@H](OC(C)=O)[C@H](OC(C)=O)[C@H]2NC(C)=O)[C@H](O)[C@@H]1NC(C)=O. The summed E-state index contributed by atoms with van der Waals surface area (Å²) in [6.07, 6.45) is -11.1. The maximum atomic E-state index is 12.2. The molecule has 0 spiro atoms. The number of ether oxygens (including phenoxy) is 8. The average Bonchev–Trinajstić information content (AvgIpc) is 2.86. The van der Waals surface area contributed by atoms with E-state index in [9.17, 15) is 33.9 Å². The van der Waals surface area contributed by atoms with Crippen LogP contribution in [0.3, 0.4) is 0 Å². The third kappa shape index (κ3) is 9.87. The molecular formula is C25H38N2O15. The Morgan fingerprint density at radius 2 is 1.10 bits per heavy atom. The quantitative estimate of drug-likeness (QED) is 0.168. The van der Waals surface area contributed by atoms with Crippen LogP contribution in [0.25, 0.3) is 0 Å². The van der Waals surface area contributed by atoms with E-state index in [1.54, 1.807) is 0 Å². The van der Waals surface area contributed by atoms with Gasteiger partial charge in [0.15, 0.2) is 24.8 Å². The maximum Gasteiger partial charge on any atom is 0.303 e. The van der Waals surface area contributed by atoms with E-state index >= 15 is 0 Å². The van der Waals surface area contributed by atoms with Crippen LogP contribution in [-0.4, -0.2) is 122 Å². The Labute approximate surface area is 241 Å². The Hall–Kier alpha value is -3.38. The van der Waals surface area contributed by atoms with Crippen LogP contribution in [0.4, 0.5) is 0 Å². The van der Waals surface area contributed by atoms with Gasteiger partial charge in [-0.25, -0.2) is 0 Å². The van der Waals surface area contributed by atoms with Crippen LogP contribution in [-0.2, 0) is 66.7 Å². The lowest BCUT2D eigenvalue weighted by Gasteiger charge is -2.49. The molecule has 0 radical (unpaired) electrons. The van der Waals surface area contributed by atoms with E-state index < -0.39 is 110 Å². The summed E-state index contributed by atoms with van der Waals surface area (Å²) < 4.78 is 44.2. The maximum absolute atomic E-state index is 12.2. The highest BCUT2D eigenvalue weighted by Crippen LogP contribution is 2.32. The number of rotatable bonds is 11. The first-order valence-electron chi connectivity index (χ1n) is 13.0. The van der Waals surface area contributed by atoms with Crippen LogP contribution in [0, 0.1) is 0 Å². The summed E-state index contributed by atoms with van der Waals surface area (Å²) >= 11 is 0. The Morgan fingerprint density at radius 3 is 1.55 bits per heavy atom. The minimum absolute atomic E-state index is 0.429. The molecule has 2 heterocycles. The van der Waals surface area contributed by atoms with Crippen LogP contribution >= 0.6 is 0 Å². The zero-order valence-corrected chi connectivity index (χ0v) is 24.4. The highest BCUT2D eigenvalue weighted by atomic mass is 16.7. The molecule has 2 saturated heterocycles. The monoisotopic (exact) mass is 606 g/mol. The van der Waals surface area contributed by atoms with Crippen molar-refractivity contribution in [3.63, 3.8) is 0 Å². The Morgan fingerprint density at radius 1 is 0.643 bits per heavy atom. The second kappa shape index (κ2) is 15.7. The number of nitrogens with one attached hydrogen (secondary N) is 2. The van der Waals surface area contributed by atoms with Crippen molar-refractivity contribution in [3.8, 4) is 0 Å². The first-order valence-corrected chi connectivity index (χ1v) is 13.0. The summed E-state index contributed by atoms with van der Waals surface area (Å²) in [5.41, 5.74) is 0. The highest BCUT2D eigenvalue weighted by Gasteiger charge is 2.55. The van der Waals surface area contributed by atoms with E-state index in [-0.39, 0.29) is 0 Å². The van der Waals surface area contributed by atoms with Crippen LogP contribution in [0.1, 0.15) is 41.5 Å². The molecule has 0 aromatic carbocycles. The van der Waals surface area contributed by atoms with Crippen LogP contribution in [0.2, 0.25) is 0 Å². The van der Waals surface area contributed by atoms with Gasteiger partial charge in [0.1, 0.15) is 49.7 Å². The summed E-state index contributed by atoms with van der Waals surface area (Å²) in [6, 6.07) is -2.53. The topological polar surface area (TPSA) is 221 Å². The van der Waals surface area contributed by atoms with E-state index in [0.29, 0.717) is 0 Å². The number of hydrogen-bond donors (Lipinski definition) is 3. The third-order valence-corrected chi connectivity index (χ3v) is 6.09. The molecule has 2 fully saturated rings. The van der Waals surface area contributed by atoms with Crippen LogP contribution in [0.5, 0.6) is 0 Å². The zero-order chi connectivity index (χ0) is 31.7. The lowest BCUT2D eigenvalue weighted by atomic mass is 9.94. The number of aliphatic hydroxyl groups is 1. The number of amides is 2. The molecule has 3 N–H and O–H groups in total. The summed E-state index contributed by atoms with van der Waals surface area (Å²) in [4.78, 5) is 71.3. The van der Waals surface area contributed by atoms with Gasteiger partial charge >= 0.3 is 23.9 Å². The molecule has 10 atom stereocenters. The molecule has 42 heavy (non-hydrogen) atoms. The van der Waals surface area contributed by atoms with E-state index in [2.05, 4.69) is 10.6 Å². The smallest absolute Gasteiger partial charge is 0.303 e. The minimum Gasteiger partial charge on any atom is -0.463 e. The second-order valence-electron chi connectivity index (χ2n) is 9.62. The fourth-order valence-corrected chi connectivity index (χ4v) is 4.57. The van der Waals surface area contributed by atoms with E-state index in [1.165, 1.54) is 14.0 Å². The molecule has 0 aromatic rings. The van der Waals surface area contributed by atoms with E-state index in [1.807, 2.05) is 0 Å².